The molecule has 1 N–H and O–H groups in total. The number of hydrogen-bond acceptors (Lipinski definition) is 3. The number of carbonyl (C=O) groups excluding carboxylic acids is 2. The molecule has 3 rings (SSSR count). The van der Waals surface area contributed by atoms with Crippen LogP contribution in [0.1, 0.15) is 57.4 Å². The molecule has 0 spiro atoms. The van der Waals surface area contributed by atoms with Crippen LogP contribution in [-0.2, 0) is 16.1 Å². The first-order chi connectivity index (χ1) is 16.0. The van der Waals surface area contributed by atoms with E-state index in [2.05, 4.69) is 5.32 Å². The molecule has 2 aromatic rings. The Labute approximate surface area is 206 Å². The van der Waals surface area contributed by atoms with Crippen LogP contribution in [0.25, 0.3) is 0 Å². The van der Waals surface area contributed by atoms with Crippen molar-refractivity contribution < 1.29 is 14.3 Å². The van der Waals surface area contributed by atoms with E-state index in [4.69, 9.17) is 27.9 Å². The Morgan fingerprint density at radius 2 is 1.73 bits per heavy atom. The van der Waals surface area contributed by atoms with Gasteiger partial charge < -0.3 is 15.0 Å². The van der Waals surface area contributed by atoms with Crippen molar-refractivity contribution in [1.29, 1.82) is 0 Å². The van der Waals surface area contributed by atoms with E-state index in [0.29, 0.717) is 35.1 Å². The van der Waals surface area contributed by atoms with Crippen LogP contribution in [0, 0.1) is 0 Å². The summed E-state index contributed by atoms with van der Waals surface area (Å²) >= 11 is 12.8. The standard InChI is InChI=1S/C26H32Cl2N2O3/c1-2-24(26(32)29-19-10-6-7-11-19)30(18-21-22(27)14-8-15-23(21)28)25(31)16-9-17-33-20-12-4-3-5-13-20/h3-5,8,12-15,19,24H,2,6-7,9-11,16-18H2,1H3,(H,29,32)/t24-/m0/s1. The Hall–Kier alpha value is -2.24. The predicted octanol–water partition coefficient (Wildman–Crippen LogP) is 6.02. The van der Waals surface area contributed by atoms with Gasteiger partial charge in [0.25, 0.3) is 0 Å². The molecule has 178 valence electrons. The third-order valence-corrected chi connectivity index (χ3v) is 6.73. The number of nitrogens with one attached hydrogen (secondary N) is 1. The third kappa shape index (κ3) is 7.38. The van der Waals surface area contributed by atoms with Gasteiger partial charge in [0.2, 0.25) is 11.8 Å². The predicted molar refractivity (Wildman–Crippen MR) is 133 cm³/mol. The lowest BCUT2D eigenvalue weighted by Crippen LogP contribution is -2.51. The average molecular weight is 491 g/mol. The van der Waals surface area contributed by atoms with Crippen LogP contribution in [0.4, 0.5) is 0 Å². The molecule has 1 saturated carbocycles. The third-order valence-electron chi connectivity index (χ3n) is 6.02. The van der Waals surface area contributed by atoms with Crippen molar-refractivity contribution in [2.45, 2.75) is 70.5 Å². The lowest BCUT2D eigenvalue weighted by molar-refractivity contribution is -0.141. The lowest BCUT2D eigenvalue weighted by Gasteiger charge is -2.32. The lowest BCUT2D eigenvalue weighted by atomic mass is 10.1. The van der Waals surface area contributed by atoms with Gasteiger partial charge in [-0.25, -0.2) is 0 Å². The molecule has 7 heteroatoms. The maximum atomic E-state index is 13.3. The van der Waals surface area contributed by atoms with Crippen molar-refractivity contribution in [2.75, 3.05) is 6.61 Å². The van der Waals surface area contributed by atoms with Gasteiger partial charge in [-0.3, -0.25) is 9.59 Å². The van der Waals surface area contributed by atoms with E-state index in [1.807, 2.05) is 37.3 Å². The molecule has 0 aromatic heterocycles. The average Bonchev–Trinajstić information content (AvgIpc) is 3.32. The quantitative estimate of drug-likeness (QED) is 0.391. The zero-order chi connectivity index (χ0) is 23.6. The van der Waals surface area contributed by atoms with Gasteiger partial charge in [-0.2, -0.15) is 0 Å². The molecule has 0 radical (unpaired) electrons. The summed E-state index contributed by atoms with van der Waals surface area (Å²) in [6.07, 6.45) is 5.55. The van der Waals surface area contributed by atoms with Gasteiger partial charge in [0.15, 0.2) is 0 Å². The van der Waals surface area contributed by atoms with Crippen LogP contribution < -0.4 is 10.1 Å². The zero-order valence-electron chi connectivity index (χ0n) is 19.1. The van der Waals surface area contributed by atoms with Gasteiger partial charge in [0, 0.05) is 34.6 Å². The van der Waals surface area contributed by atoms with E-state index in [1.54, 1.807) is 23.1 Å². The van der Waals surface area contributed by atoms with Gasteiger partial charge >= 0.3 is 0 Å². The number of para-hydroxylation sites is 1. The number of benzene rings is 2. The number of nitrogens with zero attached hydrogens (tertiary/aromatic N) is 1. The first-order valence-electron chi connectivity index (χ1n) is 11.7. The van der Waals surface area contributed by atoms with Crippen molar-refractivity contribution in [2.24, 2.45) is 0 Å². The summed E-state index contributed by atoms with van der Waals surface area (Å²) in [5.74, 6) is 0.546. The van der Waals surface area contributed by atoms with Crippen LogP contribution in [0.15, 0.2) is 48.5 Å². The van der Waals surface area contributed by atoms with Crippen molar-refractivity contribution in [3.63, 3.8) is 0 Å². The van der Waals surface area contributed by atoms with Crippen molar-refractivity contribution in [3.05, 3.63) is 64.1 Å². The van der Waals surface area contributed by atoms with Gasteiger partial charge in [-0.1, -0.05) is 67.2 Å². The molecule has 1 atom stereocenters. The number of carbonyl (C=O) groups is 2. The highest BCUT2D eigenvalue weighted by Gasteiger charge is 2.31. The van der Waals surface area contributed by atoms with E-state index in [0.717, 1.165) is 31.4 Å². The van der Waals surface area contributed by atoms with Gasteiger partial charge in [0.05, 0.1) is 6.61 Å². The fraction of sp³-hybridized carbons (Fsp3) is 0.462. The van der Waals surface area contributed by atoms with Gasteiger partial charge in [-0.05, 0) is 49.9 Å². The SMILES string of the molecule is CC[C@@H](C(=O)NC1CCCC1)N(Cc1c(Cl)cccc1Cl)C(=O)CCCOc1ccccc1. The van der Waals surface area contributed by atoms with Crippen LogP contribution >= 0.6 is 23.2 Å². The summed E-state index contributed by atoms with van der Waals surface area (Å²) in [6.45, 7) is 2.53. The highest BCUT2D eigenvalue weighted by atomic mass is 35.5. The summed E-state index contributed by atoms with van der Waals surface area (Å²) in [5, 5.41) is 4.12. The fourth-order valence-electron chi connectivity index (χ4n) is 4.21. The van der Waals surface area contributed by atoms with Crippen LogP contribution in [0.3, 0.4) is 0 Å². The maximum Gasteiger partial charge on any atom is 0.243 e. The summed E-state index contributed by atoms with van der Waals surface area (Å²) < 4.78 is 5.72. The number of rotatable bonds is 11. The first kappa shape index (κ1) is 25.4. The topological polar surface area (TPSA) is 58.6 Å². The Bertz CT molecular complexity index is 897. The second kappa shape index (κ2) is 12.9. The van der Waals surface area contributed by atoms with Crippen molar-refractivity contribution in [1.82, 2.24) is 10.2 Å². The second-order valence-corrected chi connectivity index (χ2v) is 9.22. The zero-order valence-corrected chi connectivity index (χ0v) is 20.6. The summed E-state index contributed by atoms with van der Waals surface area (Å²) in [5.41, 5.74) is 0.654. The smallest absolute Gasteiger partial charge is 0.243 e. The minimum absolute atomic E-state index is 0.110. The monoisotopic (exact) mass is 490 g/mol. The van der Waals surface area contributed by atoms with Crippen molar-refractivity contribution in [3.8, 4) is 5.75 Å². The molecular formula is C26H32Cl2N2O3. The molecule has 1 aliphatic rings. The number of halogens is 2. The molecule has 1 fully saturated rings. The van der Waals surface area contributed by atoms with E-state index >= 15 is 0 Å². The van der Waals surface area contributed by atoms with E-state index < -0.39 is 6.04 Å². The highest BCUT2D eigenvalue weighted by molar-refractivity contribution is 6.36. The van der Waals surface area contributed by atoms with Gasteiger partial charge in [0.1, 0.15) is 11.8 Å². The van der Waals surface area contributed by atoms with Crippen molar-refractivity contribution >= 4 is 35.0 Å². The number of ether oxygens (including phenoxy) is 1. The maximum absolute atomic E-state index is 13.3. The molecule has 0 unspecified atom stereocenters. The Morgan fingerprint density at radius 3 is 2.36 bits per heavy atom. The molecule has 0 aliphatic heterocycles. The highest BCUT2D eigenvalue weighted by Crippen LogP contribution is 2.27. The van der Waals surface area contributed by atoms with Crippen LogP contribution in [-0.4, -0.2) is 35.4 Å². The minimum Gasteiger partial charge on any atom is -0.494 e. The molecule has 2 amide bonds. The van der Waals surface area contributed by atoms with Crippen LogP contribution in [0.5, 0.6) is 5.75 Å². The van der Waals surface area contributed by atoms with Crippen LogP contribution in [0.2, 0.25) is 10.0 Å². The fourth-order valence-corrected chi connectivity index (χ4v) is 4.73. The largest absolute Gasteiger partial charge is 0.494 e. The molecule has 1 aliphatic carbocycles. The van der Waals surface area contributed by atoms with E-state index in [9.17, 15) is 9.59 Å². The number of hydrogen-bond donors (Lipinski definition) is 1. The molecular weight excluding hydrogens is 459 g/mol. The van der Waals surface area contributed by atoms with Gasteiger partial charge in [-0.15, -0.1) is 0 Å². The Kier molecular flexibility index (Phi) is 9.89. The van der Waals surface area contributed by atoms with E-state index in [1.165, 1.54) is 0 Å². The summed E-state index contributed by atoms with van der Waals surface area (Å²) in [6, 6.07) is 14.4. The summed E-state index contributed by atoms with van der Waals surface area (Å²) in [4.78, 5) is 28.1. The minimum atomic E-state index is -0.583. The Morgan fingerprint density at radius 1 is 1.06 bits per heavy atom. The molecule has 5 nitrogen and oxygen atoms in total. The molecule has 0 bridgehead atoms. The molecule has 0 heterocycles. The van der Waals surface area contributed by atoms with E-state index in [-0.39, 0.29) is 30.8 Å². The number of amides is 2. The normalized spacial score (nSPS) is 14.6. The molecule has 33 heavy (non-hydrogen) atoms. The summed E-state index contributed by atoms with van der Waals surface area (Å²) in [7, 11) is 0. The molecule has 0 saturated heterocycles. The molecule has 2 aromatic carbocycles. The Balaban J connectivity index is 1.70. The second-order valence-electron chi connectivity index (χ2n) is 8.40. The first-order valence-corrected chi connectivity index (χ1v) is 12.5.